The van der Waals surface area contributed by atoms with Gasteiger partial charge in [-0.25, -0.2) is 13.2 Å². The molecule has 0 unspecified atom stereocenters. The van der Waals surface area contributed by atoms with E-state index in [0.29, 0.717) is 12.0 Å². The molecule has 0 amide bonds. The van der Waals surface area contributed by atoms with E-state index >= 15 is 0 Å². The van der Waals surface area contributed by atoms with Crippen molar-refractivity contribution in [3.63, 3.8) is 0 Å². The maximum absolute atomic E-state index is 12.4. The van der Waals surface area contributed by atoms with Gasteiger partial charge >= 0.3 is 5.97 Å². The molecule has 5 nitrogen and oxygen atoms in total. The molecule has 0 saturated heterocycles. The topological polar surface area (TPSA) is 83.5 Å². The monoisotopic (exact) mass is 345 g/mol. The Morgan fingerprint density at radius 3 is 2.46 bits per heavy atom. The zero-order chi connectivity index (χ0) is 17.2. The molecule has 0 fully saturated rings. The zero-order valence-electron chi connectivity index (χ0n) is 13.2. The standard InChI is InChI=1S/C18H19NO4S/c20-18(21)17-15-9-5-4-8-14(15)10-11-16(17)19-24(22,23)12-13-6-2-1-3-7-13/h1-3,6-7,10-11,19H,4-5,8-9,12H2,(H,20,21). The molecule has 0 saturated carbocycles. The number of aryl methyl sites for hydroxylation is 1. The normalized spacial score (nSPS) is 14.0. The minimum atomic E-state index is -3.68. The third-order valence-corrected chi connectivity index (χ3v) is 5.46. The summed E-state index contributed by atoms with van der Waals surface area (Å²) in [7, 11) is -3.68. The van der Waals surface area contributed by atoms with Gasteiger partial charge in [0.05, 0.1) is 17.0 Å². The summed E-state index contributed by atoms with van der Waals surface area (Å²) in [5, 5.41) is 9.57. The van der Waals surface area contributed by atoms with Gasteiger partial charge in [0.25, 0.3) is 0 Å². The van der Waals surface area contributed by atoms with Gasteiger partial charge in [-0.2, -0.15) is 0 Å². The molecule has 126 valence electrons. The first-order valence-electron chi connectivity index (χ1n) is 7.89. The number of hydrogen-bond donors (Lipinski definition) is 2. The lowest BCUT2D eigenvalue weighted by molar-refractivity contribution is 0.0696. The van der Waals surface area contributed by atoms with Crippen LogP contribution in [0.1, 0.15) is 39.9 Å². The quantitative estimate of drug-likeness (QED) is 0.871. The molecule has 2 aromatic carbocycles. The Morgan fingerprint density at radius 2 is 1.75 bits per heavy atom. The molecule has 24 heavy (non-hydrogen) atoms. The van der Waals surface area contributed by atoms with E-state index in [2.05, 4.69) is 4.72 Å². The van der Waals surface area contributed by atoms with Crippen LogP contribution in [0.4, 0.5) is 5.69 Å². The summed E-state index contributed by atoms with van der Waals surface area (Å²) in [6.07, 6.45) is 3.47. The van der Waals surface area contributed by atoms with E-state index in [0.717, 1.165) is 30.4 Å². The van der Waals surface area contributed by atoms with Crippen molar-refractivity contribution in [1.82, 2.24) is 0 Å². The molecule has 0 aliphatic heterocycles. The van der Waals surface area contributed by atoms with Crippen LogP contribution < -0.4 is 4.72 Å². The van der Waals surface area contributed by atoms with Crippen molar-refractivity contribution in [2.45, 2.75) is 31.4 Å². The van der Waals surface area contributed by atoms with Gasteiger partial charge in [0.1, 0.15) is 0 Å². The number of carbonyl (C=O) groups is 1. The first-order chi connectivity index (χ1) is 11.5. The Balaban J connectivity index is 1.93. The van der Waals surface area contributed by atoms with Gasteiger partial charge in [0, 0.05) is 0 Å². The van der Waals surface area contributed by atoms with Crippen LogP contribution in [-0.4, -0.2) is 19.5 Å². The fraction of sp³-hybridized carbons (Fsp3) is 0.278. The van der Waals surface area contributed by atoms with Gasteiger partial charge in [0.2, 0.25) is 10.0 Å². The Bertz CT molecular complexity index is 860. The Labute approximate surface area is 141 Å². The van der Waals surface area contributed by atoms with Gasteiger partial charge in [-0.3, -0.25) is 4.72 Å². The van der Waals surface area contributed by atoms with E-state index in [9.17, 15) is 18.3 Å². The first-order valence-corrected chi connectivity index (χ1v) is 9.54. The van der Waals surface area contributed by atoms with Crippen molar-refractivity contribution in [3.05, 3.63) is 64.7 Å². The molecule has 6 heteroatoms. The summed E-state index contributed by atoms with van der Waals surface area (Å²) in [5.41, 5.74) is 2.65. The van der Waals surface area contributed by atoms with Crippen molar-refractivity contribution in [2.24, 2.45) is 0 Å². The van der Waals surface area contributed by atoms with Crippen LogP contribution in [0.5, 0.6) is 0 Å². The second-order valence-electron chi connectivity index (χ2n) is 5.98. The van der Waals surface area contributed by atoms with Crippen LogP contribution in [-0.2, 0) is 28.6 Å². The highest BCUT2D eigenvalue weighted by molar-refractivity contribution is 7.91. The van der Waals surface area contributed by atoms with Crippen LogP contribution in [0.2, 0.25) is 0 Å². The largest absolute Gasteiger partial charge is 0.478 e. The van der Waals surface area contributed by atoms with Gasteiger partial charge in [0.15, 0.2) is 0 Å². The summed E-state index contributed by atoms with van der Waals surface area (Å²) in [5.74, 6) is -1.28. The summed E-state index contributed by atoms with van der Waals surface area (Å²) in [6, 6.07) is 12.2. The highest BCUT2D eigenvalue weighted by Gasteiger charge is 2.23. The molecular formula is C18H19NO4S. The van der Waals surface area contributed by atoms with E-state index in [1.807, 2.05) is 12.1 Å². The van der Waals surface area contributed by atoms with E-state index in [1.54, 1.807) is 30.3 Å². The second-order valence-corrected chi connectivity index (χ2v) is 7.71. The number of sulfonamides is 1. The number of aromatic carboxylic acids is 1. The number of carboxylic acid groups (broad SMARTS) is 1. The van der Waals surface area contributed by atoms with Crippen LogP contribution in [0.25, 0.3) is 0 Å². The third kappa shape index (κ3) is 3.59. The predicted molar refractivity (Wildman–Crippen MR) is 92.7 cm³/mol. The molecule has 3 rings (SSSR count). The number of nitrogens with one attached hydrogen (secondary N) is 1. The molecule has 2 aromatic rings. The molecule has 1 aliphatic rings. The van der Waals surface area contributed by atoms with Crippen molar-refractivity contribution < 1.29 is 18.3 Å². The van der Waals surface area contributed by atoms with Crippen molar-refractivity contribution in [3.8, 4) is 0 Å². The lowest BCUT2D eigenvalue weighted by Gasteiger charge is -2.20. The highest BCUT2D eigenvalue weighted by Crippen LogP contribution is 2.30. The van der Waals surface area contributed by atoms with E-state index in [1.165, 1.54) is 0 Å². The molecule has 0 bridgehead atoms. The lowest BCUT2D eigenvalue weighted by Crippen LogP contribution is -2.19. The number of carboxylic acids is 1. The highest BCUT2D eigenvalue weighted by atomic mass is 32.2. The molecular weight excluding hydrogens is 326 g/mol. The van der Waals surface area contributed by atoms with Crippen LogP contribution >= 0.6 is 0 Å². The van der Waals surface area contributed by atoms with Crippen LogP contribution in [0.3, 0.4) is 0 Å². The fourth-order valence-corrected chi connectivity index (χ4v) is 4.36. The van der Waals surface area contributed by atoms with E-state index in [4.69, 9.17) is 0 Å². The van der Waals surface area contributed by atoms with Crippen molar-refractivity contribution >= 4 is 21.7 Å². The Hall–Kier alpha value is -2.34. The average Bonchev–Trinajstić information content (AvgIpc) is 2.54. The van der Waals surface area contributed by atoms with Crippen LogP contribution in [0.15, 0.2) is 42.5 Å². The number of benzene rings is 2. The van der Waals surface area contributed by atoms with E-state index < -0.39 is 16.0 Å². The molecule has 0 heterocycles. The summed E-state index contributed by atoms with van der Waals surface area (Å²) in [4.78, 5) is 11.7. The smallest absolute Gasteiger partial charge is 0.338 e. The zero-order valence-corrected chi connectivity index (χ0v) is 14.0. The van der Waals surface area contributed by atoms with Crippen LogP contribution in [0, 0.1) is 0 Å². The van der Waals surface area contributed by atoms with E-state index in [-0.39, 0.29) is 17.0 Å². The minimum Gasteiger partial charge on any atom is -0.478 e. The maximum atomic E-state index is 12.4. The molecule has 1 aliphatic carbocycles. The summed E-state index contributed by atoms with van der Waals surface area (Å²) >= 11 is 0. The van der Waals surface area contributed by atoms with Crippen molar-refractivity contribution in [2.75, 3.05) is 4.72 Å². The van der Waals surface area contributed by atoms with Crippen molar-refractivity contribution in [1.29, 1.82) is 0 Å². The SMILES string of the molecule is O=C(O)c1c(NS(=O)(=O)Cc2ccccc2)ccc2c1CCCC2. The third-order valence-electron chi connectivity index (χ3n) is 4.21. The van der Waals surface area contributed by atoms with Gasteiger partial charge < -0.3 is 5.11 Å². The Morgan fingerprint density at radius 1 is 1.04 bits per heavy atom. The minimum absolute atomic E-state index is 0.0869. The Kier molecular flexibility index (Phi) is 4.57. The number of rotatable bonds is 5. The first kappa shape index (κ1) is 16.5. The molecule has 0 radical (unpaired) electrons. The van der Waals surface area contributed by atoms with Gasteiger partial charge in [-0.05, 0) is 48.4 Å². The predicted octanol–water partition coefficient (Wildman–Crippen LogP) is 3.21. The molecule has 0 atom stereocenters. The molecule has 0 spiro atoms. The number of hydrogen-bond acceptors (Lipinski definition) is 3. The summed E-state index contributed by atoms with van der Waals surface area (Å²) < 4.78 is 27.3. The number of fused-ring (bicyclic) bond motifs is 1. The van der Waals surface area contributed by atoms with Gasteiger partial charge in [-0.15, -0.1) is 0 Å². The molecule has 0 aromatic heterocycles. The average molecular weight is 345 g/mol. The number of anilines is 1. The molecule has 2 N–H and O–H groups in total. The van der Waals surface area contributed by atoms with Gasteiger partial charge in [-0.1, -0.05) is 36.4 Å². The fourth-order valence-electron chi connectivity index (χ4n) is 3.15. The second kappa shape index (κ2) is 6.65. The summed E-state index contributed by atoms with van der Waals surface area (Å²) in [6.45, 7) is 0. The lowest BCUT2D eigenvalue weighted by atomic mass is 9.87. The maximum Gasteiger partial charge on any atom is 0.338 e.